The highest BCUT2D eigenvalue weighted by Gasteiger charge is 2.21. The Morgan fingerprint density at radius 1 is 1.50 bits per heavy atom. The van der Waals surface area contributed by atoms with Crippen LogP contribution in [0.15, 0.2) is 37.1 Å². The van der Waals surface area contributed by atoms with Crippen LogP contribution in [-0.2, 0) is 11.2 Å². The molecule has 0 atom stereocenters. The van der Waals surface area contributed by atoms with Crippen molar-refractivity contribution < 1.29 is 9.53 Å². The summed E-state index contributed by atoms with van der Waals surface area (Å²) >= 11 is 1.33. The maximum atomic E-state index is 11.9. The summed E-state index contributed by atoms with van der Waals surface area (Å²) in [7, 11) is 1.37. The van der Waals surface area contributed by atoms with Gasteiger partial charge in [-0.3, -0.25) is 0 Å². The summed E-state index contributed by atoms with van der Waals surface area (Å²) in [6.07, 6.45) is 4.15. The number of carbonyl (C=O) groups is 1. The molecule has 0 spiro atoms. The Bertz CT molecular complexity index is 864. The second-order valence-electron chi connectivity index (χ2n) is 4.77. The average Bonchev–Trinajstić information content (AvgIpc) is 3.06. The number of rotatable bonds is 4. The molecule has 0 aliphatic heterocycles. The van der Waals surface area contributed by atoms with E-state index in [1.165, 1.54) is 18.4 Å². The Morgan fingerprint density at radius 2 is 2.32 bits per heavy atom. The summed E-state index contributed by atoms with van der Waals surface area (Å²) in [6, 6.07) is 5.87. The van der Waals surface area contributed by atoms with E-state index in [4.69, 9.17) is 4.74 Å². The van der Waals surface area contributed by atoms with Crippen LogP contribution in [0.25, 0.3) is 16.1 Å². The lowest BCUT2D eigenvalue weighted by Gasteiger charge is -1.96. The fourth-order valence-corrected chi connectivity index (χ4v) is 3.48. The summed E-state index contributed by atoms with van der Waals surface area (Å²) in [4.78, 5) is 17.1. The molecular formula is C16H15N3O2S. The molecule has 0 bridgehead atoms. The minimum Gasteiger partial charge on any atom is -0.465 e. The fraction of sp³-hybridized carbons (Fsp3) is 0.188. The molecule has 0 unspecified atom stereocenters. The largest absolute Gasteiger partial charge is 0.465 e. The Hall–Kier alpha value is -2.47. The van der Waals surface area contributed by atoms with E-state index in [9.17, 15) is 4.79 Å². The van der Waals surface area contributed by atoms with Crippen LogP contribution in [-0.4, -0.2) is 27.7 Å². The summed E-state index contributed by atoms with van der Waals surface area (Å²) in [5.41, 5.74) is 3.49. The molecule has 3 rings (SSSR count). The van der Waals surface area contributed by atoms with Gasteiger partial charge in [-0.05, 0) is 19.1 Å². The van der Waals surface area contributed by atoms with Gasteiger partial charge >= 0.3 is 5.97 Å². The molecule has 6 heteroatoms. The Labute approximate surface area is 131 Å². The van der Waals surface area contributed by atoms with Gasteiger partial charge < -0.3 is 4.74 Å². The first-order chi connectivity index (χ1) is 10.7. The molecule has 0 radical (unpaired) electrons. The number of pyridine rings is 1. The Balaban J connectivity index is 2.20. The molecule has 0 saturated heterocycles. The second kappa shape index (κ2) is 5.73. The fourth-order valence-electron chi connectivity index (χ4n) is 2.37. The van der Waals surface area contributed by atoms with Crippen molar-refractivity contribution in [1.82, 2.24) is 14.6 Å². The lowest BCUT2D eigenvalue weighted by Crippen LogP contribution is -2.01. The molecule has 3 aromatic heterocycles. The van der Waals surface area contributed by atoms with Crippen LogP contribution < -0.4 is 0 Å². The predicted octanol–water partition coefficient (Wildman–Crippen LogP) is 3.28. The van der Waals surface area contributed by atoms with E-state index in [0.29, 0.717) is 17.0 Å². The van der Waals surface area contributed by atoms with E-state index in [1.54, 1.807) is 6.08 Å². The minimum absolute atomic E-state index is 0.366. The van der Waals surface area contributed by atoms with Gasteiger partial charge in [0.25, 0.3) is 0 Å². The molecule has 22 heavy (non-hydrogen) atoms. The first-order valence-electron chi connectivity index (χ1n) is 6.79. The van der Waals surface area contributed by atoms with Gasteiger partial charge in [0.15, 0.2) is 0 Å². The quantitative estimate of drug-likeness (QED) is 0.548. The number of fused-ring (bicyclic) bond motifs is 1. The number of esters is 1. The molecular weight excluding hydrogens is 298 g/mol. The average molecular weight is 313 g/mol. The van der Waals surface area contributed by atoms with Crippen molar-refractivity contribution in [3.63, 3.8) is 0 Å². The highest BCUT2D eigenvalue weighted by atomic mass is 32.1. The van der Waals surface area contributed by atoms with Crippen molar-refractivity contribution in [3.05, 3.63) is 53.3 Å². The Morgan fingerprint density at radius 3 is 3.05 bits per heavy atom. The van der Waals surface area contributed by atoms with Gasteiger partial charge in [0.05, 0.1) is 29.6 Å². The number of hydrogen-bond donors (Lipinski definition) is 0. The molecule has 3 heterocycles. The van der Waals surface area contributed by atoms with Gasteiger partial charge in [0, 0.05) is 12.6 Å². The van der Waals surface area contributed by atoms with E-state index < -0.39 is 0 Å². The van der Waals surface area contributed by atoms with Gasteiger partial charge in [-0.1, -0.05) is 12.1 Å². The lowest BCUT2D eigenvalue weighted by atomic mass is 10.2. The van der Waals surface area contributed by atoms with Crippen molar-refractivity contribution in [2.75, 3.05) is 7.11 Å². The number of carbonyl (C=O) groups excluding carboxylic acids is 1. The number of aryl methyl sites for hydroxylation is 1. The van der Waals surface area contributed by atoms with Crippen LogP contribution >= 0.6 is 11.3 Å². The number of ether oxygens (including phenoxy) is 1. The second-order valence-corrected chi connectivity index (χ2v) is 5.77. The summed E-state index contributed by atoms with van der Waals surface area (Å²) in [5, 5.41) is 5.26. The molecule has 0 aromatic carbocycles. The smallest absolute Gasteiger partial charge is 0.350 e. The van der Waals surface area contributed by atoms with Gasteiger partial charge in [0.2, 0.25) is 0 Å². The zero-order valence-electron chi connectivity index (χ0n) is 12.4. The van der Waals surface area contributed by atoms with E-state index in [1.807, 2.05) is 35.8 Å². The Kier molecular flexibility index (Phi) is 3.77. The highest BCUT2D eigenvalue weighted by molar-refractivity contribution is 7.17. The van der Waals surface area contributed by atoms with Crippen LogP contribution in [0.4, 0.5) is 0 Å². The topological polar surface area (TPSA) is 56.5 Å². The molecule has 0 N–H and O–H groups in total. The van der Waals surface area contributed by atoms with Crippen LogP contribution in [0, 0.1) is 6.92 Å². The molecule has 5 nitrogen and oxygen atoms in total. The maximum absolute atomic E-state index is 11.9. The predicted molar refractivity (Wildman–Crippen MR) is 86.3 cm³/mol. The molecule has 0 aliphatic carbocycles. The standard InChI is InChI=1S/C16H15N3O2S/c1-4-7-11-14(16(20)21-3)22-15(17-11)13-10(2)18-19-9-6-5-8-12(13)19/h4-6,8-9H,1,7H2,2-3H3. The van der Waals surface area contributed by atoms with Gasteiger partial charge in [-0.15, -0.1) is 17.9 Å². The number of thiazole rings is 1. The normalized spacial score (nSPS) is 10.8. The number of aromatic nitrogens is 3. The lowest BCUT2D eigenvalue weighted by molar-refractivity contribution is 0.0605. The third kappa shape index (κ3) is 2.31. The maximum Gasteiger partial charge on any atom is 0.350 e. The van der Waals surface area contributed by atoms with Gasteiger partial charge in [-0.2, -0.15) is 5.10 Å². The first-order valence-corrected chi connectivity index (χ1v) is 7.60. The van der Waals surface area contributed by atoms with Gasteiger partial charge in [0.1, 0.15) is 9.88 Å². The first kappa shape index (κ1) is 14.5. The molecule has 3 aromatic rings. The number of allylic oxidation sites excluding steroid dienone is 1. The van der Waals surface area contributed by atoms with Crippen molar-refractivity contribution in [2.24, 2.45) is 0 Å². The monoisotopic (exact) mass is 313 g/mol. The number of hydrogen-bond acceptors (Lipinski definition) is 5. The van der Waals surface area contributed by atoms with E-state index in [-0.39, 0.29) is 5.97 Å². The van der Waals surface area contributed by atoms with Crippen LogP contribution in [0.2, 0.25) is 0 Å². The van der Waals surface area contributed by atoms with Crippen LogP contribution in [0.3, 0.4) is 0 Å². The molecule has 0 aliphatic rings. The third-order valence-corrected chi connectivity index (χ3v) is 4.43. The van der Waals surface area contributed by atoms with Crippen molar-refractivity contribution in [1.29, 1.82) is 0 Å². The minimum atomic E-state index is -0.366. The highest BCUT2D eigenvalue weighted by Crippen LogP contribution is 2.34. The van der Waals surface area contributed by atoms with E-state index in [0.717, 1.165) is 21.8 Å². The van der Waals surface area contributed by atoms with Gasteiger partial charge in [-0.25, -0.2) is 14.3 Å². The zero-order chi connectivity index (χ0) is 15.7. The molecule has 0 amide bonds. The zero-order valence-corrected chi connectivity index (χ0v) is 13.2. The SMILES string of the molecule is C=CCc1nc(-c2c(C)nn3ccccc23)sc1C(=O)OC. The summed E-state index contributed by atoms with van der Waals surface area (Å²) in [6.45, 7) is 5.66. The molecule has 112 valence electrons. The molecule has 0 fully saturated rings. The van der Waals surface area contributed by atoms with E-state index >= 15 is 0 Å². The third-order valence-electron chi connectivity index (χ3n) is 3.33. The number of nitrogens with zero attached hydrogens (tertiary/aromatic N) is 3. The van der Waals surface area contributed by atoms with Crippen molar-refractivity contribution >= 4 is 22.8 Å². The van der Waals surface area contributed by atoms with Crippen molar-refractivity contribution in [2.45, 2.75) is 13.3 Å². The summed E-state index contributed by atoms with van der Waals surface area (Å²) < 4.78 is 6.66. The van der Waals surface area contributed by atoms with E-state index in [2.05, 4.69) is 16.7 Å². The molecule has 0 saturated carbocycles. The number of methoxy groups -OCH3 is 1. The summed E-state index contributed by atoms with van der Waals surface area (Å²) in [5.74, 6) is -0.366. The van der Waals surface area contributed by atoms with Crippen molar-refractivity contribution in [3.8, 4) is 10.6 Å². The van der Waals surface area contributed by atoms with Crippen LogP contribution in [0.1, 0.15) is 21.1 Å². The van der Waals surface area contributed by atoms with Crippen LogP contribution in [0.5, 0.6) is 0 Å².